The highest BCUT2D eigenvalue weighted by Crippen LogP contribution is 2.26. The summed E-state index contributed by atoms with van der Waals surface area (Å²) in [6.07, 6.45) is 9.87. The first-order chi connectivity index (χ1) is 16.9. The van der Waals surface area contributed by atoms with Crippen LogP contribution >= 0.6 is 0 Å². The summed E-state index contributed by atoms with van der Waals surface area (Å²) >= 11 is 0. The van der Waals surface area contributed by atoms with Crippen LogP contribution in [-0.2, 0) is 6.61 Å². The molecule has 0 amide bonds. The molecule has 0 spiro atoms. The largest absolute Gasteiger partial charge is 0.392 e. The molecule has 7 nitrogen and oxygen atoms in total. The lowest BCUT2D eigenvalue weighted by Gasteiger charge is -2.10. The number of nitrogens with zero attached hydrogens (tertiary/aromatic N) is 6. The molecule has 4 heterocycles. The zero-order valence-electron chi connectivity index (χ0n) is 21.6. The molecule has 0 unspecified atom stereocenters. The topological polar surface area (TPSA) is 92.0 Å². The summed E-state index contributed by atoms with van der Waals surface area (Å²) in [5.41, 5.74) is 6.75. The SMILES string of the molecule is C/C=C/C=C(C)C.CC.Cc1ccc2c(-c3ccc(CO)c(-n4nc(C#N)cc4C)n3)cnn2c1. The van der Waals surface area contributed by atoms with E-state index in [1.807, 2.05) is 87.8 Å². The normalized spacial score (nSPS) is 10.3. The average molecular weight is 471 g/mol. The van der Waals surface area contributed by atoms with Crippen LogP contribution in [0.4, 0.5) is 0 Å². The third-order valence-electron chi connectivity index (χ3n) is 4.89. The van der Waals surface area contributed by atoms with Crippen molar-refractivity contribution in [3.63, 3.8) is 0 Å². The van der Waals surface area contributed by atoms with Gasteiger partial charge in [0.2, 0.25) is 0 Å². The van der Waals surface area contributed by atoms with Crippen LogP contribution in [0.5, 0.6) is 0 Å². The minimum absolute atomic E-state index is 0.169. The minimum Gasteiger partial charge on any atom is -0.392 e. The number of aliphatic hydroxyl groups is 1. The fourth-order valence-electron chi connectivity index (χ4n) is 3.25. The van der Waals surface area contributed by atoms with Gasteiger partial charge in [-0.05, 0) is 58.4 Å². The molecule has 4 aromatic heterocycles. The molecule has 0 aliphatic carbocycles. The van der Waals surface area contributed by atoms with Gasteiger partial charge < -0.3 is 5.11 Å². The fraction of sp³-hybridized carbons (Fsp3) is 0.286. The van der Waals surface area contributed by atoms with Crippen LogP contribution in [0.15, 0.2) is 66.5 Å². The van der Waals surface area contributed by atoms with E-state index in [9.17, 15) is 5.11 Å². The Balaban J connectivity index is 0.000000416. The van der Waals surface area contributed by atoms with Gasteiger partial charge in [0.15, 0.2) is 11.5 Å². The van der Waals surface area contributed by atoms with E-state index in [4.69, 9.17) is 10.2 Å². The highest BCUT2D eigenvalue weighted by Gasteiger charge is 2.15. The van der Waals surface area contributed by atoms with Crippen LogP contribution in [0, 0.1) is 25.2 Å². The van der Waals surface area contributed by atoms with Crippen molar-refractivity contribution < 1.29 is 5.11 Å². The second-order valence-electron chi connectivity index (χ2n) is 7.90. The smallest absolute Gasteiger partial charge is 0.163 e. The van der Waals surface area contributed by atoms with Gasteiger partial charge in [-0.2, -0.15) is 15.5 Å². The van der Waals surface area contributed by atoms with Crippen molar-refractivity contribution in [3.8, 4) is 23.1 Å². The Morgan fingerprint density at radius 2 is 1.89 bits per heavy atom. The maximum absolute atomic E-state index is 9.70. The Bertz CT molecular complexity index is 1360. The maximum atomic E-state index is 9.70. The third-order valence-corrected chi connectivity index (χ3v) is 4.89. The Kier molecular flexibility index (Phi) is 10.1. The molecular weight excluding hydrogens is 436 g/mol. The molecule has 0 fully saturated rings. The lowest BCUT2D eigenvalue weighted by Crippen LogP contribution is -2.07. The van der Waals surface area contributed by atoms with E-state index in [0.717, 1.165) is 28.0 Å². The Morgan fingerprint density at radius 3 is 2.46 bits per heavy atom. The number of allylic oxidation sites excluding steroid dienone is 4. The van der Waals surface area contributed by atoms with Gasteiger partial charge >= 0.3 is 0 Å². The number of hydrogen-bond donors (Lipinski definition) is 1. The molecule has 0 aliphatic rings. The zero-order valence-corrected chi connectivity index (χ0v) is 21.6. The van der Waals surface area contributed by atoms with Crippen LogP contribution in [-0.4, -0.2) is 29.5 Å². The van der Waals surface area contributed by atoms with E-state index < -0.39 is 0 Å². The highest BCUT2D eigenvalue weighted by molar-refractivity contribution is 5.78. The molecular formula is C28H34N6O. The monoisotopic (exact) mass is 470 g/mol. The van der Waals surface area contributed by atoms with Gasteiger partial charge in [0.25, 0.3) is 0 Å². The first-order valence-corrected chi connectivity index (χ1v) is 11.7. The van der Waals surface area contributed by atoms with Gasteiger partial charge in [0, 0.05) is 23.0 Å². The summed E-state index contributed by atoms with van der Waals surface area (Å²) in [6.45, 7) is 13.9. The van der Waals surface area contributed by atoms with Crippen molar-refractivity contribution in [1.29, 1.82) is 5.26 Å². The van der Waals surface area contributed by atoms with Crippen LogP contribution in [0.3, 0.4) is 0 Å². The van der Waals surface area contributed by atoms with Gasteiger partial charge in [0.1, 0.15) is 6.07 Å². The number of aromatic nitrogens is 5. The van der Waals surface area contributed by atoms with Gasteiger partial charge in [-0.3, -0.25) is 0 Å². The van der Waals surface area contributed by atoms with E-state index in [0.29, 0.717) is 17.1 Å². The molecule has 1 N–H and O–H groups in total. The Morgan fingerprint density at radius 1 is 1.14 bits per heavy atom. The van der Waals surface area contributed by atoms with Gasteiger partial charge in [-0.15, -0.1) is 0 Å². The fourth-order valence-corrected chi connectivity index (χ4v) is 3.25. The second kappa shape index (κ2) is 13.0. The Hall–Kier alpha value is -4.02. The molecule has 0 saturated carbocycles. The first kappa shape index (κ1) is 27.2. The molecule has 4 rings (SSSR count). The molecule has 4 aromatic rings. The van der Waals surface area contributed by atoms with Crippen molar-refractivity contribution in [2.24, 2.45) is 0 Å². The number of hydrogen-bond acceptors (Lipinski definition) is 5. The van der Waals surface area contributed by atoms with Crippen molar-refractivity contribution >= 4 is 5.52 Å². The summed E-state index contributed by atoms with van der Waals surface area (Å²) in [4.78, 5) is 4.71. The van der Waals surface area contributed by atoms with Crippen LogP contribution in [0.2, 0.25) is 0 Å². The zero-order chi connectivity index (χ0) is 26.0. The molecule has 0 atom stereocenters. The number of fused-ring (bicyclic) bond motifs is 1. The van der Waals surface area contributed by atoms with Crippen molar-refractivity contribution in [3.05, 3.63) is 89.0 Å². The molecule has 182 valence electrons. The number of aryl methyl sites for hydroxylation is 2. The molecule has 0 aliphatic heterocycles. The molecule has 7 heteroatoms. The Labute approximate surface area is 207 Å². The standard InChI is InChI=1S/C19H16N6O.C7H12.C2H6/c1-12-3-6-18-16(9-21-24(18)10-12)17-5-4-14(11-26)19(22-17)25-13(2)7-15(8-20)23-25;1-4-5-6-7(2)3;1-2/h3-7,9-10,26H,11H2,1-2H3;4-6H,1-3H3;1-2H3/b;5-4+;. The van der Waals surface area contributed by atoms with Crippen LogP contribution in [0.1, 0.15) is 57.1 Å². The summed E-state index contributed by atoms with van der Waals surface area (Å²) in [6, 6.07) is 11.4. The highest BCUT2D eigenvalue weighted by atomic mass is 16.3. The van der Waals surface area contributed by atoms with Gasteiger partial charge in [0.05, 0.1) is 24.0 Å². The predicted octanol–water partition coefficient (Wildman–Crippen LogP) is 6.12. The maximum Gasteiger partial charge on any atom is 0.163 e. The van der Waals surface area contributed by atoms with E-state index >= 15 is 0 Å². The second-order valence-corrected chi connectivity index (χ2v) is 7.90. The third kappa shape index (κ3) is 6.75. The van der Waals surface area contributed by atoms with Crippen molar-refractivity contribution in [2.75, 3.05) is 0 Å². The molecule has 0 aromatic carbocycles. The van der Waals surface area contributed by atoms with E-state index in [-0.39, 0.29) is 6.61 Å². The van der Waals surface area contributed by atoms with Crippen LogP contribution < -0.4 is 0 Å². The van der Waals surface area contributed by atoms with E-state index in [1.165, 1.54) is 5.57 Å². The lowest BCUT2D eigenvalue weighted by atomic mass is 10.1. The number of pyridine rings is 2. The predicted molar refractivity (Wildman–Crippen MR) is 141 cm³/mol. The number of nitriles is 1. The molecule has 0 bridgehead atoms. The summed E-state index contributed by atoms with van der Waals surface area (Å²) < 4.78 is 3.41. The molecule has 35 heavy (non-hydrogen) atoms. The number of aliphatic hydroxyl groups excluding tert-OH is 1. The number of rotatable bonds is 4. The van der Waals surface area contributed by atoms with Crippen molar-refractivity contribution in [1.82, 2.24) is 24.4 Å². The van der Waals surface area contributed by atoms with Gasteiger partial charge in [-0.1, -0.05) is 49.8 Å². The van der Waals surface area contributed by atoms with E-state index in [1.54, 1.807) is 16.9 Å². The first-order valence-electron chi connectivity index (χ1n) is 11.7. The summed E-state index contributed by atoms with van der Waals surface area (Å²) in [5, 5.41) is 27.4. The van der Waals surface area contributed by atoms with Gasteiger partial charge in [-0.25, -0.2) is 14.2 Å². The summed E-state index contributed by atoms with van der Waals surface area (Å²) in [7, 11) is 0. The average Bonchev–Trinajstić information content (AvgIpc) is 3.46. The van der Waals surface area contributed by atoms with Crippen LogP contribution in [0.25, 0.3) is 22.6 Å². The lowest BCUT2D eigenvalue weighted by molar-refractivity contribution is 0.281. The molecule has 0 radical (unpaired) electrons. The minimum atomic E-state index is -0.169. The summed E-state index contributed by atoms with van der Waals surface area (Å²) in [5.74, 6) is 0.510. The quantitative estimate of drug-likeness (QED) is 0.363. The van der Waals surface area contributed by atoms with Crippen molar-refractivity contribution in [2.45, 2.75) is 55.1 Å². The van der Waals surface area contributed by atoms with E-state index in [2.05, 4.69) is 30.1 Å². The molecule has 0 saturated heterocycles.